The molecular weight excluding hydrogens is 346 g/mol. The van der Waals surface area contributed by atoms with E-state index in [9.17, 15) is 14.4 Å². The van der Waals surface area contributed by atoms with E-state index < -0.39 is 0 Å². The first-order valence-electron chi connectivity index (χ1n) is 8.69. The Kier molecular flexibility index (Phi) is 5.44. The first kappa shape index (κ1) is 18.5. The summed E-state index contributed by atoms with van der Waals surface area (Å²) < 4.78 is 0. The van der Waals surface area contributed by atoms with E-state index in [1.54, 1.807) is 34.1 Å². The minimum Gasteiger partial charge on any atom is -0.340 e. The maximum Gasteiger partial charge on any atom is 0.272 e. The zero-order chi connectivity index (χ0) is 19.4. The van der Waals surface area contributed by atoms with Crippen molar-refractivity contribution < 1.29 is 14.4 Å². The Balaban J connectivity index is 1.70. The van der Waals surface area contributed by atoms with Gasteiger partial charge in [-0.25, -0.2) is 9.97 Å². The van der Waals surface area contributed by atoms with Crippen molar-refractivity contribution in [3.63, 3.8) is 0 Å². The molecule has 140 valence electrons. The first-order chi connectivity index (χ1) is 12.9. The molecule has 0 bridgehead atoms. The highest BCUT2D eigenvalue weighted by Crippen LogP contribution is 2.17. The van der Waals surface area contributed by atoms with Gasteiger partial charge in [0, 0.05) is 50.4 Å². The molecule has 1 saturated heterocycles. The number of hydrogen-bond acceptors (Lipinski definition) is 6. The van der Waals surface area contributed by atoms with Crippen LogP contribution in [0.25, 0.3) is 0 Å². The fourth-order valence-corrected chi connectivity index (χ4v) is 2.89. The number of anilines is 2. The molecule has 0 aliphatic carbocycles. The first-order valence-corrected chi connectivity index (χ1v) is 8.69. The van der Waals surface area contributed by atoms with E-state index in [2.05, 4.69) is 15.3 Å². The van der Waals surface area contributed by atoms with Gasteiger partial charge in [-0.3, -0.25) is 14.4 Å². The van der Waals surface area contributed by atoms with E-state index >= 15 is 0 Å². The van der Waals surface area contributed by atoms with Gasteiger partial charge in [-0.05, 0) is 19.1 Å². The zero-order valence-electron chi connectivity index (χ0n) is 15.3. The third kappa shape index (κ3) is 4.46. The summed E-state index contributed by atoms with van der Waals surface area (Å²) in [5, 5.41) is 3.09. The zero-order valence-corrected chi connectivity index (χ0v) is 15.3. The van der Waals surface area contributed by atoms with Crippen LogP contribution in [0.3, 0.4) is 0 Å². The van der Waals surface area contributed by atoms with Gasteiger partial charge < -0.3 is 15.1 Å². The maximum absolute atomic E-state index is 12.7. The summed E-state index contributed by atoms with van der Waals surface area (Å²) in [6.45, 7) is 5.04. The molecule has 0 saturated carbocycles. The third-order valence-corrected chi connectivity index (χ3v) is 4.44. The summed E-state index contributed by atoms with van der Waals surface area (Å²) >= 11 is 0. The highest BCUT2D eigenvalue weighted by atomic mass is 16.2. The molecule has 1 aromatic heterocycles. The van der Waals surface area contributed by atoms with Crippen molar-refractivity contribution >= 4 is 29.1 Å². The number of nitrogens with zero attached hydrogens (tertiary/aromatic N) is 4. The van der Waals surface area contributed by atoms with Crippen LogP contribution in [0.5, 0.6) is 0 Å². The number of nitrogens with one attached hydrogen (secondary N) is 1. The molecule has 2 amide bonds. The summed E-state index contributed by atoms with van der Waals surface area (Å²) in [5.74, 6) is 0.267. The van der Waals surface area contributed by atoms with Crippen molar-refractivity contribution in [3.05, 3.63) is 47.9 Å². The number of Topliss-reactive ketones (excluding diaryl/α,β-unsaturated/α-hetero) is 1. The van der Waals surface area contributed by atoms with Crippen molar-refractivity contribution in [3.8, 4) is 0 Å². The summed E-state index contributed by atoms with van der Waals surface area (Å²) in [6.07, 6.45) is 1.33. The molecule has 0 atom stereocenters. The van der Waals surface area contributed by atoms with E-state index in [0.717, 1.165) is 0 Å². The molecule has 1 aliphatic heterocycles. The van der Waals surface area contributed by atoms with Crippen LogP contribution in [-0.2, 0) is 4.79 Å². The SMILES string of the molecule is CC(=O)c1cccc(Nc2cc(C(=O)N3CCN(C(C)=O)CC3)ncn2)c1. The third-order valence-electron chi connectivity index (χ3n) is 4.44. The molecule has 0 radical (unpaired) electrons. The predicted molar refractivity (Wildman–Crippen MR) is 99.9 cm³/mol. The standard InChI is InChI=1S/C19H21N5O3/c1-13(25)15-4-3-5-16(10-15)22-18-11-17(20-12-21-18)19(27)24-8-6-23(7-9-24)14(2)26/h3-5,10-12H,6-9H2,1-2H3,(H,20,21,22). The molecule has 3 rings (SSSR count). The van der Waals surface area contributed by atoms with Gasteiger partial charge in [-0.15, -0.1) is 0 Å². The predicted octanol–water partition coefficient (Wildman–Crippen LogP) is 1.73. The highest BCUT2D eigenvalue weighted by molar-refractivity contribution is 5.95. The molecule has 1 fully saturated rings. The van der Waals surface area contributed by atoms with Gasteiger partial charge in [0.25, 0.3) is 5.91 Å². The van der Waals surface area contributed by atoms with Crippen LogP contribution < -0.4 is 5.32 Å². The van der Waals surface area contributed by atoms with Crippen molar-refractivity contribution in [2.24, 2.45) is 0 Å². The van der Waals surface area contributed by atoms with E-state index in [4.69, 9.17) is 0 Å². The van der Waals surface area contributed by atoms with Gasteiger partial charge >= 0.3 is 0 Å². The van der Waals surface area contributed by atoms with Gasteiger partial charge in [0.1, 0.15) is 17.8 Å². The largest absolute Gasteiger partial charge is 0.340 e. The average Bonchev–Trinajstić information content (AvgIpc) is 2.68. The van der Waals surface area contributed by atoms with Gasteiger partial charge in [-0.1, -0.05) is 12.1 Å². The second-order valence-corrected chi connectivity index (χ2v) is 6.35. The van der Waals surface area contributed by atoms with Crippen molar-refractivity contribution in [2.75, 3.05) is 31.5 Å². The summed E-state index contributed by atoms with van der Waals surface area (Å²) in [7, 11) is 0. The lowest BCUT2D eigenvalue weighted by Gasteiger charge is -2.34. The molecule has 1 aliphatic rings. The number of hydrogen-bond donors (Lipinski definition) is 1. The Morgan fingerprint density at radius 1 is 0.963 bits per heavy atom. The van der Waals surface area contributed by atoms with Crippen molar-refractivity contribution in [1.82, 2.24) is 19.8 Å². The van der Waals surface area contributed by atoms with Crippen LogP contribution in [-0.4, -0.2) is 63.5 Å². The molecule has 2 heterocycles. The van der Waals surface area contributed by atoms with Crippen LogP contribution in [0.15, 0.2) is 36.7 Å². The quantitative estimate of drug-likeness (QED) is 0.827. The Hall–Kier alpha value is -3.29. The lowest BCUT2D eigenvalue weighted by Crippen LogP contribution is -2.50. The van der Waals surface area contributed by atoms with E-state index in [1.807, 2.05) is 6.07 Å². The fraction of sp³-hybridized carbons (Fsp3) is 0.316. The molecule has 8 heteroatoms. The number of aromatic nitrogens is 2. The van der Waals surface area contributed by atoms with E-state index in [0.29, 0.717) is 43.2 Å². The van der Waals surface area contributed by atoms with Gasteiger partial charge in [-0.2, -0.15) is 0 Å². The van der Waals surface area contributed by atoms with E-state index in [-0.39, 0.29) is 23.3 Å². The highest BCUT2D eigenvalue weighted by Gasteiger charge is 2.24. The second kappa shape index (κ2) is 7.94. The number of ketones is 1. The lowest BCUT2D eigenvalue weighted by molar-refractivity contribution is -0.130. The molecule has 8 nitrogen and oxygen atoms in total. The topological polar surface area (TPSA) is 95.5 Å². The average molecular weight is 367 g/mol. The maximum atomic E-state index is 12.7. The molecule has 27 heavy (non-hydrogen) atoms. The Labute approximate surface area is 157 Å². The Morgan fingerprint density at radius 3 is 2.33 bits per heavy atom. The molecule has 2 aromatic rings. The molecule has 0 spiro atoms. The van der Waals surface area contributed by atoms with Gasteiger partial charge in [0.15, 0.2) is 5.78 Å². The monoisotopic (exact) mass is 367 g/mol. The molecule has 1 N–H and O–H groups in total. The lowest BCUT2D eigenvalue weighted by atomic mass is 10.1. The normalized spacial score (nSPS) is 14.0. The number of carbonyl (C=O) groups excluding carboxylic acids is 3. The minimum absolute atomic E-state index is 0.0170. The number of carbonyl (C=O) groups is 3. The van der Waals surface area contributed by atoms with E-state index in [1.165, 1.54) is 20.2 Å². The van der Waals surface area contributed by atoms with Crippen LogP contribution in [0.2, 0.25) is 0 Å². The van der Waals surface area contributed by atoms with Gasteiger partial charge in [0.2, 0.25) is 5.91 Å². The Morgan fingerprint density at radius 2 is 1.67 bits per heavy atom. The molecular formula is C19H21N5O3. The second-order valence-electron chi connectivity index (χ2n) is 6.35. The van der Waals surface area contributed by atoms with Crippen LogP contribution in [0.1, 0.15) is 34.7 Å². The summed E-state index contributed by atoms with van der Waals surface area (Å²) in [6, 6.07) is 8.65. The number of benzene rings is 1. The fourth-order valence-electron chi connectivity index (χ4n) is 2.89. The molecule has 0 unspecified atom stereocenters. The molecule has 1 aromatic carbocycles. The minimum atomic E-state index is -0.193. The number of rotatable bonds is 4. The van der Waals surface area contributed by atoms with Crippen molar-refractivity contribution in [1.29, 1.82) is 0 Å². The van der Waals surface area contributed by atoms with Gasteiger partial charge in [0.05, 0.1) is 0 Å². The summed E-state index contributed by atoms with van der Waals surface area (Å²) in [4.78, 5) is 47.2. The van der Waals surface area contributed by atoms with Crippen LogP contribution in [0, 0.1) is 0 Å². The van der Waals surface area contributed by atoms with Crippen LogP contribution >= 0.6 is 0 Å². The number of piperazine rings is 1. The van der Waals surface area contributed by atoms with Crippen molar-refractivity contribution in [2.45, 2.75) is 13.8 Å². The van der Waals surface area contributed by atoms with Crippen LogP contribution in [0.4, 0.5) is 11.5 Å². The number of amides is 2. The Bertz CT molecular complexity index is 875. The summed E-state index contributed by atoms with van der Waals surface area (Å²) in [5.41, 5.74) is 1.58. The smallest absolute Gasteiger partial charge is 0.272 e.